The van der Waals surface area contributed by atoms with Gasteiger partial charge in [-0.15, -0.1) is 0 Å². The van der Waals surface area contributed by atoms with Gasteiger partial charge < -0.3 is 14.8 Å². The van der Waals surface area contributed by atoms with Crippen molar-refractivity contribution < 1.29 is 14.3 Å². The van der Waals surface area contributed by atoms with Crippen molar-refractivity contribution in [3.63, 3.8) is 0 Å². The monoisotopic (exact) mass is 480 g/mol. The summed E-state index contributed by atoms with van der Waals surface area (Å²) in [5, 5.41) is 2.97. The second-order valence-electron chi connectivity index (χ2n) is 6.99. The molecule has 0 saturated heterocycles. The Morgan fingerprint density at radius 2 is 1.90 bits per heavy atom. The molecule has 1 N–H and O–H groups in total. The predicted octanol–water partition coefficient (Wildman–Crippen LogP) is 5.71. The summed E-state index contributed by atoms with van der Waals surface area (Å²) in [5.41, 5.74) is 4.36. The van der Waals surface area contributed by atoms with E-state index in [1.54, 1.807) is 11.8 Å². The molecule has 5 nitrogen and oxygen atoms in total. The Morgan fingerprint density at radius 3 is 2.80 bits per heavy atom. The number of nitrogens with zero attached hydrogens (tertiary/aromatic N) is 1. The van der Waals surface area contributed by atoms with Crippen LogP contribution in [0.25, 0.3) is 0 Å². The van der Waals surface area contributed by atoms with Gasteiger partial charge in [0.15, 0.2) is 11.5 Å². The first-order valence-corrected chi connectivity index (χ1v) is 11.0. The maximum absolute atomic E-state index is 12.7. The van der Waals surface area contributed by atoms with Crippen molar-refractivity contribution in [2.45, 2.75) is 23.3 Å². The zero-order valence-corrected chi connectivity index (χ0v) is 18.5. The number of aliphatic imine (C=N–C) groups is 1. The summed E-state index contributed by atoms with van der Waals surface area (Å²) in [5.74, 6) is 1.30. The third-order valence-electron chi connectivity index (χ3n) is 4.95. The van der Waals surface area contributed by atoms with E-state index in [1.807, 2.05) is 49.4 Å². The van der Waals surface area contributed by atoms with E-state index in [4.69, 9.17) is 14.5 Å². The van der Waals surface area contributed by atoms with Gasteiger partial charge in [-0.25, -0.2) is 0 Å². The summed E-state index contributed by atoms with van der Waals surface area (Å²) in [6, 6.07) is 17.5. The number of hydrogen-bond donors (Lipinski definition) is 1. The second kappa shape index (κ2) is 7.81. The molecule has 0 unspecified atom stereocenters. The molecule has 0 fully saturated rings. The Kier molecular flexibility index (Phi) is 5.00. The average molecular weight is 481 g/mol. The van der Waals surface area contributed by atoms with Gasteiger partial charge in [-0.1, -0.05) is 33.8 Å². The van der Waals surface area contributed by atoms with E-state index < -0.39 is 0 Å². The van der Waals surface area contributed by atoms with E-state index >= 15 is 0 Å². The number of rotatable bonds is 3. The molecule has 3 aromatic rings. The van der Waals surface area contributed by atoms with Crippen LogP contribution in [0.15, 0.2) is 73.9 Å². The van der Waals surface area contributed by atoms with Crippen molar-refractivity contribution in [1.29, 1.82) is 0 Å². The van der Waals surface area contributed by atoms with Crippen LogP contribution in [-0.2, 0) is 6.54 Å². The zero-order chi connectivity index (χ0) is 20.7. The summed E-state index contributed by atoms with van der Waals surface area (Å²) in [6.07, 6.45) is 0. The number of carbonyl (C=O) groups excluding carboxylic acids is 1. The normalized spacial score (nSPS) is 13.7. The number of fused-ring (bicyclic) bond motifs is 3. The minimum absolute atomic E-state index is 0.141. The molecule has 2 aliphatic rings. The van der Waals surface area contributed by atoms with Gasteiger partial charge in [0.1, 0.15) is 0 Å². The van der Waals surface area contributed by atoms with Crippen molar-refractivity contribution >= 4 is 45.0 Å². The Labute approximate surface area is 186 Å². The van der Waals surface area contributed by atoms with Gasteiger partial charge in [0.2, 0.25) is 6.79 Å². The van der Waals surface area contributed by atoms with Gasteiger partial charge in [-0.2, -0.15) is 0 Å². The highest BCUT2D eigenvalue weighted by atomic mass is 79.9. The van der Waals surface area contributed by atoms with Crippen LogP contribution in [0.3, 0.4) is 0 Å². The van der Waals surface area contributed by atoms with Crippen molar-refractivity contribution in [3.05, 3.63) is 75.8 Å². The molecule has 150 valence electrons. The molecule has 1 amide bonds. The molecule has 2 heterocycles. The van der Waals surface area contributed by atoms with Gasteiger partial charge in [-0.05, 0) is 61.0 Å². The highest BCUT2D eigenvalue weighted by Crippen LogP contribution is 2.41. The lowest BCUT2D eigenvalue weighted by Crippen LogP contribution is -2.22. The number of amides is 1. The largest absolute Gasteiger partial charge is 0.454 e. The van der Waals surface area contributed by atoms with Crippen LogP contribution in [0.4, 0.5) is 5.69 Å². The van der Waals surface area contributed by atoms with Crippen LogP contribution in [0.1, 0.15) is 28.4 Å². The fraction of sp³-hybridized carbons (Fsp3) is 0.130. The highest BCUT2D eigenvalue weighted by Gasteiger charge is 2.18. The maximum Gasteiger partial charge on any atom is 0.251 e. The number of halogens is 1. The van der Waals surface area contributed by atoms with E-state index in [2.05, 4.69) is 33.4 Å². The van der Waals surface area contributed by atoms with Crippen LogP contribution in [-0.4, -0.2) is 18.4 Å². The summed E-state index contributed by atoms with van der Waals surface area (Å²) in [4.78, 5) is 19.7. The van der Waals surface area contributed by atoms with Crippen molar-refractivity contribution in [3.8, 4) is 11.5 Å². The van der Waals surface area contributed by atoms with Crippen LogP contribution >= 0.6 is 27.7 Å². The topological polar surface area (TPSA) is 59.9 Å². The van der Waals surface area contributed by atoms with Gasteiger partial charge in [0.05, 0.1) is 5.69 Å². The average Bonchev–Trinajstić information content (AvgIpc) is 3.16. The Balaban J connectivity index is 1.36. The Morgan fingerprint density at radius 1 is 1.07 bits per heavy atom. The Hall–Kier alpha value is -2.77. The molecular formula is C23H17BrN2O3S. The maximum atomic E-state index is 12.7. The van der Waals surface area contributed by atoms with E-state index in [-0.39, 0.29) is 12.7 Å². The first kappa shape index (κ1) is 19.2. The zero-order valence-electron chi connectivity index (χ0n) is 16.1. The molecule has 0 aliphatic carbocycles. The van der Waals surface area contributed by atoms with E-state index in [9.17, 15) is 4.79 Å². The van der Waals surface area contributed by atoms with Gasteiger partial charge in [-0.3, -0.25) is 9.79 Å². The van der Waals surface area contributed by atoms with Gasteiger partial charge in [0, 0.05) is 37.6 Å². The molecule has 0 spiro atoms. The van der Waals surface area contributed by atoms with E-state index in [0.717, 1.165) is 42.5 Å². The smallest absolute Gasteiger partial charge is 0.251 e. The summed E-state index contributed by atoms with van der Waals surface area (Å²) >= 11 is 5.20. The van der Waals surface area contributed by atoms with Crippen LogP contribution in [0.2, 0.25) is 0 Å². The van der Waals surface area contributed by atoms with Crippen LogP contribution in [0.5, 0.6) is 11.5 Å². The van der Waals surface area contributed by atoms with Gasteiger partial charge in [0.25, 0.3) is 5.91 Å². The fourth-order valence-corrected chi connectivity index (χ4v) is 4.80. The standard InChI is InChI=1S/C23H17BrN2O3S/c1-13-17-10-16(24)4-7-21(17)30-22-6-3-15(9-18(22)26-13)23(27)25-11-14-2-5-19-20(8-14)29-12-28-19/h2-10H,11-12H2,1H3,(H,25,27). The molecule has 30 heavy (non-hydrogen) atoms. The molecule has 0 saturated carbocycles. The molecule has 5 rings (SSSR count). The lowest BCUT2D eigenvalue weighted by Gasteiger charge is -2.09. The lowest BCUT2D eigenvalue weighted by atomic mass is 10.1. The van der Waals surface area contributed by atoms with E-state index in [1.165, 1.54) is 0 Å². The fourth-order valence-electron chi connectivity index (χ4n) is 3.40. The quantitative estimate of drug-likeness (QED) is 0.521. The SMILES string of the molecule is CC1=Nc2cc(C(=O)NCc3ccc4c(c3)OCO4)ccc2Sc2ccc(Br)cc21. The van der Waals surface area contributed by atoms with Gasteiger partial charge >= 0.3 is 0 Å². The molecule has 3 aromatic carbocycles. The van der Waals surface area contributed by atoms with Crippen LogP contribution in [0, 0.1) is 0 Å². The molecular weight excluding hydrogens is 464 g/mol. The minimum Gasteiger partial charge on any atom is -0.454 e. The predicted molar refractivity (Wildman–Crippen MR) is 120 cm³/mol. The second-order valence-corrected chi connectivity index (χ2v) is 8.99. The number of benzene rings is 3. The van der Waals surface area contributed by atoms with Crippen molar-refractivity contribution in [1.82, 2.24) is 5.32 Å². The Bertz CT molecular complexity index is 1210. The van der Waals surface area contributed by atoms with E-state index in [0.29, 0.717) is 17.9 Å². The number of ether oxygens (including phenoxy) is 2. The lowest BCUT2D eigenvalue weighted by molar-refractivity contribution is 0.0951. The summed E-state index contributed by atoms with van der Waals surface area (Å²) < 4.78 is 11.7. The first-order chi connectivity index (χ1) is 14.6. The molecule has 0 radical (unpaired) electrons. The third kappa shape index (κ3) is 3.70. The van der Waals surface area contributed by atoms with Crippen molar-refractivity contribution in [2.75, 3.05) is 6.79 Å². The number of carbonyl (C=O) groups is 1. The minimum atomic E-state index is -0.141. The molecule has 0 aromatic heterocycles. The number of nitrogens with one attached hydrogen (secondary N) is 1. The third-order valence-corrected chi connectivity index (χ3v) is 6.58. The first-order valence-electron chi connectivity index (χ1n) is 9.41. The molecule has 0 bridgehead atoms. The summed E-state index contributed by atoms with van der Waals surface area (Å²) in [6.45, 7) is 2.63. The molecule has 0 atom stereocenters. The van der Waals surface area contributed by atoms with Crippen molar-refractivity contribution in [2.24, 2.45) is 4.99 Å². The molecule has 2 aliphatic heterocycles. The number of hydrogen-bond acceptors (Lipinski definition) is 5. The molecule has 7 heteroatoms. The highest BCUT2D eigenvalue weighted by molar-refractivity contribution is 9.10. The van der Waals surface area contributed by atoms with Crippen LogP contribution < -0.4 is 14.8 Å². The summed E-state index contributed by atoms with van der Waals surface area (Å²) in [7, 11) is 0.